The van der Waals surface area contributed by atoms with Crippen LogP contribution in [-0.4, -0.2) is 0 Å². The van der Waals surface area contributed by atoms with Crippen LogP contribution in [0.4, 0.5) is 0 Å². The van der Waals surface area contributed by atoms with E-state index in [4.69, 9.17) is 0 Å². The molecule has 2 aromatic rings. The summed E-state index contributed by atoms with van der Waals surface area (Å²) >= 11 is 0. The third kappa shape index (κ3) is 2.27. The van der Waals surface area contributed by atoms with Crippen LogP contribution in [0.1, 0.15) is 0 Å². The van der Waals surface area contributed by atoms with E-state index in [-0.39, 0.29) is 0 Å². The lowest BCUT2D eigenvalue weighted by atomic mass is 10.4. The van der Waals surface area contributed by atoms with Crippen molar-refractivity contribution in [3.8, 4) is 0 Å². The topological polar surface area (TPSA) is 0 Å². The van der Waals surface area contributed by atoms with Crippen molar-refractivity contribution >= 4 is 67.5 Å². The van der Waals surface area contributed by atoms with Crippen LogP contribution in [0.15, 0.2) is 24.3 Å². The van der Waals surface area contributed by atoms with Crippen molar-refractivity contribution < 1.29 is 0 Å². The highest BCUT2D eigenvalue weighted by Crippen LogP contribution is 2.29. The fourth-order valence-corrected chi connectivity index (χ4v) is 12.3. The van der Waals surface area contributed by atoms with Gasteiger partial charge in [-0.2, -0.15) is 0 Å². The van der Waals surface area contributed by atoms with Crippen LogP contribution in [0.5, 0.6) is 0 Å². The Morgan fingerprint density at radius 2 is 1.17 bits per heavy atom. The van der Waals surface area contributed by atoms with Gasteiger partial charge >= 0.3 is 0 Å². The number of hydrogen-bond acceptors (Lipinski definition) is 6. The Kier molecular flexibility index (Phi) is 3.56. The molecule has 2 rings (SSSR count). The third-order valence-corrected chi connectivity index (χ3v) is 11.9. The highest BCUT2D eigenvalue weighted by molar-refractivity contribution is 8.19. The Morgan fingerprint density at radius 1 is 0.667 bits per heavy atom. The third-order valence-electron chi connectivity index (χ3n) is 1.18. The summed E-state index contributed by atoms with van der Waals surface area (Å²) < 4.78 is 2.76. The lowest BCUT2D eigenvalue weighted by Crippen LogP contribution is -1.56. The molecule has 0 nitrogen and oxygen atoms in total. The molecule has 0 saturated carbocycles. The first kappa shape index (κ1) is 9.11. The lowest BCUT2D eigenvalue weighted by Gasteiger charge is -1.87. The Labute approximate surface area is 90.9 Å². The zero-order valence-electron chi connectivity index (χ0n) is 5.76. The van der Waals surface area contributed by atoms with E-state index in [9.17, 15) is 0 Å². The Balaban J connectivity index is 2.83. The van der Waals surface area contributed by atoms with Gasteiger partial charge in [0.15, 0.2) is 0 Å². The monoisotopic (exact) mass is 268 g/mol. The molecule has 0 bridgehead atoms. The lowest BCUT2D eigenvalue weighted by molar-refractivity contribution is 1.88. The van der Waals surface area contributed by atoms with Gasteiger partial charge in [0.2, 0.25) is 0 Å². The van der Waals surface area contributed by atoms with Gasteiger partial charge in [-0.1, -0.05) is 32.8 Å². The standard InChI is InChI=1S/C6H4S6/c1-2-4-6-5(3-1)7-9-11-12-10-8-6/h1-4H. The van der Waals surface area contributed by atoms with Crippen LogP contribution < -0.4 is 0 Å². The molecule has 0 atom stereocenters. The van der Waals surface area contributed by atoms with Gasteiger partial charge in [0.05, 0.1) is 9.40 Å². The maximum absolute atomic E-state index is 2.18. The summed E-state index contributed by atoms with van der Waals surface area (Å²) in [6, 6.07) is 8.54. The molecule has 6 heteroatoms. The van der Waals surface area contributed by atoms with E-state index in [0.717, 1.165) is 0 Å². The molecule has 0 amide bonds. The maximum atomic E-state index is 2.18. The summed E-state index contributed by atoms with van der Waals surface area (Å²) in [5, 5.41) is 0. The first-order chi connectivity index (χ1) is 5.97. The Morgan fingerprint density at radius 3 is 1.67 bits per heavy atom. The van der Waals surface area contributed by atoms with Crippen molar-refractivity contribution in [1.82, 2.24) is 0 Å². The van der Waals surface area contributed by atoms with Crippen LogP contribution in [-0.2, 0) is 0 Å². The summed E-state index contributed by atoms with van der Waals surface area (Å²) in [6.07, 6.45) is 0. The zero-order chi connectivity index (χ0) is 8.23. The SMILES string of the molecule is c1ccc2ssssssc2c1. The molecule has 64 valence electrons. The van der Waals surface area contributed by atoms with Gasteiger partial charge in [-0.25, -0.2) is 0 Å². The second-order valence-electron chi connectivity index (χ2n) is 1.89. The second kappa shape index (κ2) is 4.69. The molecule has 0 spiro atoms. The van der Waals surface area contributed by atoms with Crippen LogP contribution >= 0.6 is 58.1 Å². The fraction of sp³-hybridized carbons (Fsp3) is 0. The normalized spacial score (nSPS) is 9.67. The molecule has 0 N–H and O–H groups in total. The van der Waals surface area contributed by atoms with Gasteiger partial charge in [-0.05, 0) is 49.5 Å². The van der Waals surface area contributed by atoms with Crippen LogP contribution in [0.25, 0.3) is 9.40 Å². The number of hydrogen-bond donors (Lipinski definition) is 0. The fourth-order valence-electron chi connectivity index (χ4n) is 0.712. The van der Waals surface area contributed by atoms with E-state index >= 15 is 0 Å². The van der Waals surface area contributed by atoms with Gasteiger partial charge in [0, 0.05) is 0 Å². The molecule has 1 heterocycles. The highest BCUT2D eigenvalue weighted by Gasteiger charge is 1.87. The number of benzene rings is 1. The molecule has 0 unspecified atom stereocenters. The quantitative estimate of drug-likeness (QED) is 0.557. The van der Waals surface area contributed by atoms with Crippen LogP contribution in [0.3, 0.4) is 0 Å². The molecule has 1 aromatic heterocycles. The molecule has 0 saturated heterocycles. The molecule has 0 aliphatic heterocycles. The number of fused-ring (bicyclic) bond motifs is 1. The number of rotatable bonds is 0. The van der Waals surface area contributed by atoms with E-state index in [1.807, 2.05) is 58.1 Å². The Hall–Kier alpha value is 0.540. The van der Waals surface area contributed by atoms with Crippen molar-refractivity contribution in [3.05, 3.63) is 24.3 Å². The van der Waals surface area contributed by atoms with Crippen molar-refractivity contribution in [3.63, 3.8) is 0 Å². The summed E-state index contributed by atoms with van der Waals surface area (Å²) in [6.45, 7) is 0. The molecule has 0 aliphatic carbocycles. The van der Waals surface area contributed by atoms with Crippen molar-refractivity contribution in [2.75, 3.05) is 0 Å². The van der Waals surface area contributed by atoms with E-state index < -0.39 is 0 Å². The van der Waals surface area contributed by atoms with Crippen LogP contribution in [0, 0.1) is 0 Å². The second-order valence-corrected chi connectivity index (χ2v) is 11.2. The predicted molar refractivity (Wildman–Crippen MR) is 66.5 cm³/mol. The van der Waals surface area contributed by atoms with Gasteiger partial charge < -0.3 is 0 Å². The van der Waals surface area contributed by atoms with Gasteiger partial charge in [-0.3, -0.25) is 0 Å². The summed E-state index contributed by atoms with van der Waals surface area (Å²) in [5.74, 6) is 0. The first-order valence-electron chi connectivity index (χ1n) is 3.07. The van der Waals surface area contributed by atoms with Gasteiger partial charge in [0.1, 0.15) is 0 Å². The van der Waals surface area contributed by atoms with Crippen molar-refractivity contribution in [1.29, 1.82) is 0 Å². The Bertz CT molecular complexity index is 374. The average molecular weight is 268 g/mol. The molecule has 0 aliphatic rings. The summed E-state index contributed by atoms with van der Waals surface area (Å²) in [4.78, 5) is 0. The minimum Gasteiger partial charge on any atom is -0.0676 e. The summed E-state index contributed by atoms with van der Waals surface area (Å²) in [7, 11) is 11.0. The minimum absolute atomic E-state index is 1.38. The average Bonchev–Trinajstić information content (AvgIpc) is 2.06. The van der Waals surface area contributed by atoms with Gasteiger partial charge in [0.25, 0.3) is 0 Å². The first-order valence-corrected chi connectivity index (χ1v) is 10.6. The van der Waals surface area contributed by atoms with E-state index in [1.54, 1.807) is 0 Å². The molecule has 0 radical (unpaired) electrons. The van der Waals surface area contributed by atoms with Gasteiger partial charge in [-0.15, -0.1) is 0 Å². The van der Waals surface area contributed by atoms with Crippen molar-refractivity contribution in [2.24, 2.45) is 0 Å². The van der Waals surface area contributed by atoms with E-state index in [0.29, 0.717) is 0 Å². The molecule has 1 aromatic carbocycles. The predicted octanol–water partition coefficient (Wildman–Crippen LogP) is 5.46. The van der Waals surface area contributed by atoms with E-state index in [2.05, 4.69) is 24.3 Å². The van der Waals surface area contributed by atoms with Crippen molar-refractivity contribution in [2.45, 2.75) is 0 Å². The van der Waals surface area contributed by atoms with E-state index in [1.165, 1.54) is 9.40 Å². The highest BCUT2D eigenvalue weighted by atomic mass is 33.5. The molecular weight excluding hydrogens is 264 g/mol. The zero-order valence-corrected chi connectivity index (χ0v) is 10.7. The smallest absolute Gasteiger partial charge is 0.0566 e. The molecule has 12 heavy (non-hydrogen) atoms. The minimum atomic E-state index is 1.38. The maximum Gasteiger partial charge on any atom is 0.0566 e. The largest absolute Gasteiger partial charge is 0.0676 e. The van der Waals surface area contributed by atoms with Crippen LogP contribution in [0.2, 0.25) is 0 Å². The molecular formula is C6H4S6. The summed E-state index contributed by atoms with van der Waals surface area (Å²) in [5.41, 5.74) is 0. The molecule has 0 fully saturated rings.